The van der Waals surface area contributed by atoms with Crippen LogP contribution in [0.3, 0.4) is 0 Å². The van der Waals surface area contributed by atoms with Crippen molar-refractivity contribution in [1.82, 2.24) is 14.9 Å². The molecule has 0 saturated carbocycles. The number of rotatable bonds is 11. The largest absolute Gasteiger partial charge is 0.489 e. The lowest BCUT2D eigenvalue weighted by atomic mass is 9.90. The van der Waals surface area contributed by atoms with Crippen LogP contribution < -0.4 is 15.4 Å². The molecule has 3 heterocycles. The van der Waals surface area contributed by atoms with Gasteiger partial charge in [0.25, 0.3) is 0 Å². The van der Waals surface area contributed by atoms with Crippen molar-refractivity contribution in [1.29, 1.82) is 0 Å². The minimum absolute atomic E-state index is 0.137. The van der Waals surface area contributed by atoms with Crippen molar-refractivity contribution in [3.8, 4) is 5.75 Å². The van der Waals surface area contributed by atoms with Gasteiger partial charge < -0.3 is 25.3 Å². The minimum Gasteiger partial charge on any atom is -0.489 e. The maximum atomic E-state index is 6.04. The number of hydrogen-bond acceptors (Lipinski definition) is 4. The van der Waals surface area contributed by atoms with Gasteiger partial charge in [0.15, 0.2) is 5.11 Å². The van der Waals surface area contributed by atoms with Crippen molar-refractivity contribution in [3.63, 3.8) is 0 Å². The number of piperidine rings is 1. The van der Waals surface area contributed by atoms with E-state index in [1.165, 1.54) is 63.7 Å². The summed E-state index contributed by atoms with van der Waals surface area (Å²) >= 11 is 5.61. The number of pyridine rings is 1. The molecule has 0 spiro atoms. The van der Waals surface area contributed by atoms with Crippen LogP contribution in [0.1, 0.15) is 77.2 Å². The summed E-state index contributed by atoms with van der Waals surface area (Å²) in [5, 5.41) is 7.04. The number of aromatic amines is 1. The SMILES string of the molecule is CCCCCCN1CCC(c2c[nH]c3ccc(NC(=S)Nc4ccccc4OC(C)CC)nc23)CC1. The average molecular weight is 508 g/mol. The maximum Gasteiger partial charge on any atom is 0.176 e. The van der Waals surface area contributed by atoms with Gasteiger partial charge in [-0.1, -0.05) is 45.2 Å². The number of likely N-dealkylation sites (tertiary alicyclic amines) is 1. The van der Waals surface area contributed by atoms with Gasteiger partial charge in [-0.25, -0.2) is 4.98 Å². The Bertz CT molecular complexity index is 1120. The molecule has 7 heteroatoms. The van der Waals surface area contributed by atoms with Gasteiger partial charge in [0.1, 0.15) is 11.6 Å². The zero-order chi connectivity index (χ0) is 25.3. The van der Waals surface area contributed by atoms with E-state index < -0.39 is 0 Å². The number of benzene rings is 1. The Morgan fingerprint density at radius 2 is 1.92 bits per heavy atom. The normalized spacial score (nSPS) is 15.6. The summed E-state index contributed by atoms with van der Waals surface area (Å²) in [6.07, 6.45) is 10.9. The third kappa shape index (κ3) is 6.98. The van der Waals surface area contributed by atoms with Crippen LogP contribution in [0.15, 0.2) is 42.6 Å². The Kier molecular flexibility index (Phi) is 9.59. The van der Waals surface area contributed by atoms with Crippen LogP contribution in [0, 0.1) is 0 Å². The molecule has 4 rings (SSSR count). The number of unbranched alkanes of at least 4 members (excludes halogenated alkanes) is 3. The molecule has 1 fully saturated rings. The van der Waals surface area contributed by atoms with Crippen molar-refractivity contribution in [2.24, 2.45) is 0 Å². The lowest BCUT2D eigenvalue weighted by Gasteiger charge is -2.31. The molecule has 1 unspecified atom stereocenters. The smallest absolute Gasteiger partial charge is 0.176 e. The molecular formula is C29H41N5OS. The summed E-state index contributed by atoms with van der Waals surface area (Å²) in [6, 6.07) is 11.9. The fraction of sp³-hybridized carbons (Fsp3) is 0.517. The number of aromatic nitrogens is 2. The molecule has 0 radical (unpaired) electrons. The van der Waals surface area contributed by atoms with Crippen molar-refractivity contribution in [2.75, 3.05) is 30.3 Å². The maximum absolute atomic E-state index is 6.04. The first-order valence-electron chi connectivity index (χ1n) is 13.6. The van der Waals surface area contributed by atoms with E-state index in [0.717, 1.165) is 34.7 Å². The van der Waals surface area contributed by atoms with E-state index >= 15 is 0 Å². The van der Waals surface area contributed by atoms with E-state index in [9.17, 15) is 0 Å². The van der Waals surface area contributed by atoms with Crippen molar-refractivity contribution >= 4 is 39.9 Å². The van der Waals surface area contributed by atoms with E-state index in [-0.39, 0.29) is 6.10 Å². The van der Waals surface area contributed by atoms with Gasteiger partial charge in [-0.05, 0) is 100 Å². The number of ether oxygens (including phenoxy) is 1. The lowest BCUT2D eigenvalue weighted by molar-refractivity contribution is 0.208. The Balaban J connectivity index is 1.37. The van der Waals surface area contributed by atoms with Crippen LogP contribution >= 0.6 is 12.2 Å². The standard InChI is InChI=1S/C29H41N5OS/c1-4-6-7-10-17-34-18-15-22(16-19-34)23-20-30-25-13-14-27(32-28(23)25)33-29(36)31-24-11-8-9-12-26(24)35-21(3)5-2/h8-9,11-14,20-22,30H,4-7,10,15-19H2,1-3H3,(H2,31,32,33,36). The number of H-pyrrole nitrogens is 1. The molecule has 36 heavy (non-hydrogen) atoms. The predicted octanol–water partition coefficient (Wildman–Crippen LogP) is 7.31. The van der Waals surface area contributed by atoms with Gasteiger partial charge in [-0.3, -0.25) is 0 Å². The van der Waals surface area contributed by atoms with Crippen molar-refractivity contribution < 1.29 is 4.74 Å². The Labute approximate surface area is 221 Å². The minimum atomic E-state index is 0.137. The fourth-order valence-corrected chi connectivity index (χ4v) is 5.09. The van der Waals surface area contributed by atoms with Gasteiger partial charge >= 0.3 is 0 Å². The van der Waals surface area contributed by atoms with Crippen LogP contribution in [-0.4, -0.2) is 45.7 Å². The molecule has 6 nitrogen and oxygen atoms in total. The number of anilines is 2. The molecule has 0 aliphatic carbocycles. The van der Waals surface area contributed by atoms with Crippen LogP contribution in [-0.2, 0) is 0 Å². The molecule has 1 saturated heterocycles. The summed E-state index contributed by atoms with van der Waals surface area (Å²) in [7, 11) is 0. The Morgan fingerprint density at radius 3 is 2.69 bits per heavy atom. The monoisotopic (exact) mass is 507 g/mol. The van der Waals surface area contributed by atoms with Crippen LogP contribution in [0.25, 0.3) is 11.0 Å². The van der Waals surface area contributed by atoms with E-state index in [1.807, 2.05) is 30.3 Å². The molecule has 194 valence electrons. The molecule has 3 N–H and O–H groups in total. The number of nitrogens with zero attached hydrogens (tertiary/aromatic N) is 2. The lowest BCUT2D eigenvalue weighted by Crippen LogP contribution is -2.33. The van der Waals surface area contributed by atoms with Crippen LogP contribution in [0.2, 0.25) is 0 Å². The summed E-state index contributed by atoms with van der Waals surface area (Å²) in [5.41, 5.74) is 4.29. The molecule has 3 aromatic rings. The molecule has 1 atom stereocenters. The highest BCUT2D eigenvalue weighted by Gasteiger charge is 2.23. The van der Waals surface area contributed by atoms with E-state index in [4.69, 9.17) is 21.9 Å². The highest BCUT2D eigenvalue weighted by molar-refractivity contribution is 7.80. The zero-order valence-electron chi connectivity index (χ0n) is 22.0. The second kappa shape index (κ2) is 13.1. The topological polar surface area (TPSA) is 65.2 Å². The van der Waals surface area contributed by atoms with Crippen molar-refractivity contribution in [3.05, 3.63) is 48.2 Å². The highest BCUT2D eigenvalue weighted by Crippen LogP contribution is 2.33. The number of para-hydroxylation sites is 2. The van der Waals surface area contributed by atoms with Crippen LogP contribution in [0.5, 0.6) is 5.75 Å². The molecule has 1 aliphatic heterocycles. The first-order valence-corrected chi connectivity index (χ1v) is 14.0. The quantitative estimate of drug-likeness (QED) is 0.187. The second-order valence-corrected chi connectivity index (χ2v) is 10.3. The molecule has 0 amide bonds. The second-order valence-electron chi connectivity index (χ2n) is 9.93. The Hall–Kier alpha value is -2.64. The first kappa shape index (κ1) is 26.4. The number of hydrogen-bond donors (Lipinski definition) is 3. The van der Waals surface area contributed by atoms with E-state index in [2.05, 4.69) is 53.6 Å². The van der Waals surface area contributed by atoms with Gasteiger partial charge in [0, 0.05) is 6.20 Å². The van der Waals surface area contributed by atoms with E-state index in [1.54, 1.807) is 0 Å². The fourth-order valence-electron chi connectivity index (χ4n) is 4.87. The first-order chi connectivity index (χ1) is 17.6. The van der Waals surface area contributed by atoms with Crippen LogP contribution in [0.4, 0.5) is 11.5 Å². The molecule has 1 aliphatic rings. The molecule has 2 aromatic heterocycles. The number of fused-ring (bicyclic) bond motifs is 1. The zero-order valence-corrected chi connectivity index (χ0v) is 22.8. The highest BCUT2D eigenvalue weighted by atomic mass is 32.1. The van der Waals surface area contributed by atoms with Crippen molar-refractivity contribution in [2.45, 2.75) is 77.7 Å². The summed E-state index contributed by atoms with van der Waals surface area (Å²) in [5.74, 6) is 2.08. The molecule has 0 bridgehead atoms. The third-order valence-corrected chi connectivity index (χ3v) is 7.39. The van der Waals surface area contributed by atoms with Gasteiger partial charge in [-0.2, -0.15) is 0 Å². The summed E-state index contributed by atoms with van der Waals surface area (Å²) in [4.78, 5) is 11.0. The Morgan fingerprint density at radius 1 is 1.11 bits per heavy atom. The third-order valence-electron chi connectivity index (χ3n) is 7.19. The van der Waals surface area contributed by atoms with E-state index in [0.29, 0.717) is 11.0 Å². The average Bonchev–Trinajstić information content (AvgIpc) is 3.31. The summed E-state index contributed by atoms with van der Waals surface area (Å²) < 4.78 is 6.04. The predicted molar refractivity (Wildman–Crippen MR) is 155 cm³/mol. The van der Waals surface area contributed by atoms with Gasteiger partial charge in [-0.15, -0.1) is 0 Å². The van der Waals surface area contributed by atoms with Gasteiger partial charge in [0.2, 0.25) is 0 Å². The number of thiocarbonyl (C=S) groups is 1. The molecular weight excluding hydrogens is 466 g/mol. The number of nitrogens with one attached hydrogen (secondary N) is 3. The van der Waals surface area contributed by atoms with Gasteiger partial charge in [0.05, 0.1) is 22.8 Å². The molecule has 1 aromatic carbocycles. The summed E-state index contributed by atoms with van der Waals surface area (Å²) in [6.45, 7) is 10.0.